The minimum Gasteiger partial charge on any atom is -0.496 e. The SMILES string of the molecule is COc1ccc(F)cc1-c1c(C2CC2)noc1N. The Hall–Kier alpha value is -2.04. The van der Waals surface area contributed by atoms with E-state index in [0.717, 1.165) is 18.5 Å². The summed E-state index contributed by atoms with van der Waals surface area (Å²) < 4.78 is 23.7. The van der Waals surface area contributed by atoms with Crippen LogP contribution in [0.2, 0.25) is 0 Å². The van der Waals surface area contributed by atoms with Crippen molar-refractivity contribution in [3.63, 3.8) is 0 Å². The van der Waals surface area contributed by atoms with Gasteiger partial charge in [-0.1, -0.05) is 5.16 Å². The van der Waals surface area contributed by atoms with E-state index < -0.39 is 0 Å². The van der Waals surface area contributed by atoms with Crippen molar-refractivity contribution in [1.82, 2.24) is 5.16 Å². The summed E-state index contributed by atoms with van der Waals surface area (Å²) in [5, 5.41) is 3.98. The van der Waals surface area contributed by atoms with E-state index >= 15 is 0 Å². The summed E-state index contributed by atoms with van der Waals surface area (Å²) >= 11 is 0. The van der Waals surface area contributed by atoms with Crippen LogP contribution in [0.1, 0.15) is 24.5 Å². The van der Waals surface area contributed by atoms with Gasteiger partial charge in [-0.05, 0) is 31.0 Å². The van der Waals surface area contributed by atoms with Crippen molar-refractivity contribution in [1.29, 1.82) is 0 Å². The molecule has 0 atom stereocenters. The summed E-state index contributed by atoms with van der Waals surface area (Å²) in [5.41, 5.74) is 7.86. The molecule has 5 heteroatoms. The van der Waals surface area contributed by atoms with Crippen molar-refractivity contribution in [3.05, 3.63) is 29.7 Å². The zero-order valence-corrected chi connectivity index (χ0v) is 9.94. The van der Waals surface area contributed by atoms with E-state index in [1.165, 1.54) is 19.2 Å². The minimum atomic E-state index is -0.340. The summed E-state index contributed by atoms with van der Waals surface area (Å²) in [4.78, 5) is 0. The second-order valence-corrected chi connectivity index (χ2v) is 4.43. The van der Waals surface area contributed by atoms with Crippen LogP contribution in [0.25, 0.3) is 11.1 Å². The Morgan fingerprint density at radius 1 is 1.44 bits per heavy atom. The lowest BCUT2D eigenvalue weighted by Gasteiger charge is -2.08. The van der Waals surface area contributed by atoms with E-state index in [9.17, 15) is 4.39 Å². The van der Waals surface area contributed by atoms with Gasteiger partial charge in [-0.3, -0.25) is 0 Å². The quantitative estimate of drug-likeness (QED) is 0.907. The average molecular weight is 248 g/mol. The molecule has 0 amide bonds. The van der Waals surface area contributed by atoms with Crippen molar-refractivity contribution in [2.24, 2.45) is 0 Å². The lowest BCUT2D eigenvalue weighted by Crippen LogP contribution is -1.94. The lowest BCUT2D eigenvalue weighted by atomic mass is 10.0. The molecular formula is C13H13FN2O2. The first-order valence-electron chi connectivity index (χ1n) is 5.79. The highest BCUT2D eigenvalue weighted by molar-refractivity contribution is 5.80. The highest BCUT2D eigenvalue weighted by Gasteiger charge is 2.32. The number of rotatable bonds is 3. The Morgan fingerprint density at radius 2 is 2.22 bits per heavy atom. The molecular weight excluding hydrogens is 235 g/mol. The monoisotopic (exact) mass is 248 g/mol. The number of ether oxygens (including phenoxy) is 1. The van der Waals surface area contributed by atoms with Crippen LogP contribution in [-0.4, -0.2) is 12.3 Å². The first kappa shape index (κ1) is 11.1. The highest BCUT2D eigenvalue weighted by atomic mass is 19.1. The summed E-state index contributed by atoms with van der Waals surface area (Å²) in [5.74, 6) is 0.802. The summed E-state index contributed by atoms with van der Waals surface area (Å²) in [6.07, 6.45) is 2.13. The van der Waals surface area contributed by atoms with Gasteiger partial charge in [0.2, 0.25) is 5.88 Å². The third-order valence-electron chi connectivity index (χ3n) is 3.14. The Morgan fingerprint density at radius 3 is 2.89 bits per heavy atom. The molecule has 0 saturated heterocycles. The molecule has 94 valence electrons. The summed E-state index contributed by atoms with van der Waals surface area (Å²) in [7, 11) is 1.54. The third kappa shape index (κ3) is 1.72. The molecule has 1 aromatic carbocycles. The Labute approximate surface area is 104 Å². The van der Waals surface area contributed by atoms with Gasteiger partial charge in [-0.2, -0.15) is 0 Å². The molecule has 0 bridgehead atoms. The van der Waals surface area contributed by atoms with Crippen LogP contribution < -0.4 is 10.5 Å². The molecule has 18 heavy (non-hydrogen) atoms. The van der Waals surface area contributed by atoms with Gasteiger partial charge >= 0.3 is 0 Å². The van der Waals surface area contributed by atoms with E-state index in [0.29, 0.717) is 22.8 Å². The van der Waals surface area contributed by atoms with Gasteiger partial charge in [-0.15, -0.1) is 0 Å². The molecule has 2 N–H and O–H groups in total. The predicted octanol–water partition coefficient (Wildman–Crippen LogP) is 2.95. The zero-order valence-electron chi connectivity index (χ0n) is 9.94. The molecule has 1 aliphatic rings. The molecule has 1 aromatic heterocycles. The van der Waals surface area contributed by atoms with Crippen LogP contribution in [0, 0.1) is 5.82 Å². The van der Waals surface area contributed by atoms with Crippen LogP contribution in [-0.2, 0) is 0 Å². The third-order valence-corrected chi connectivity index (χ3v) is 3.14. The standard InChI is InChI=1S/C13H13FN2O2/c1-17-10-5-4-8(14)6-9(10)11-12(7-2-3-7)16-18-13(11)15/h4-7H,2-3,15H2,1H3. The van der Waals surface area contributed by atoms with E-state index in [1.54, 1.807) is 6.07 Å². The fraction of sp³-hybridized carbons (Fsp3) is 0.308. The first-order valence-corrected chi connectivity index (χ1v) is 5.79. The van der Waals surface area contributed by atoms with Gasteiger partial charge < -0.3 is 15.0 Å². The van der Waals surface area contributed by atoms with Crippen LogP contribution in [0.5, 0.6) is 5.75 Å². The molecule has 0 radical (unpaired) electrons. The van der Waals surface area contributed by atoms with Gasteiger partial charge in [0.1, 0.15) is 11.6 Å². The van der Waals surface area contributed by atoms with E-state index in [1.807, 2.05) is 0 Å². The number of aromatic nitrogens is 1. The summed E-state index contributed by atoms with van der Waals surface area (Å²) in [6, 6.07) is 4.32. The number of nitrogen functional groups attached to an aromatic ring is 1. The van der Waals surface area contributed by atoms with E-state index in [4.69, 9.17) is 15.0 Å². The maximum atomic E-state index is 13.4. The lowest BCUT2D eigenvalue weighted by molar-refractivity contribution is 0.415. The van der Waals surface area contributed by atoms with Gasteiger partial charge in [0.05, 0.1) is 18.4 Å². The van der Waals surface area contributed by atoms with Crippen molar-refractivity contribution in [3.8, 4) is 16.9 Å². The molecule has 2 aromatic rings. The second kappa shape index (κ2) is 4.01. The minimum absolute atomic E-state index is 0.209. The van der Waals surface area contributed by atoms with E-state index in [-0.39, 0.29) is 11.7 Å². The van der Waals surface area contributed by atoms with Crippen LogP contribution in [0.15, 0.2) is 22.7 Å². The highest BCUT2D eigenvalue weighted by Crippen LogP contribution is 2.47. The van der Waals surface area contributed by atoms with Crippen molar-refractivity contribution >= 4 is 5.88 Å². The molecule has 1 heterocycles. The normalized spacial score (nSPS) is 14.8. The largest absolute Gasteiger partial charge is 0.496 e. The molecule has 1 fully saturated rings. The van der Waals surface area contributed by atoms with Crippen molar-refractivity contribution in [2.45, 2.75) is 18.8 Å². The number of hydrogen-bond acceptors (Lipinski definition) is 4. The molecule has 0 unspecified atom stereocenters. The van der Waals surface area contributed by atoms with Gasteiger partial charge in [0.25, 0.3) is 0 Å². The number of nitrogens with two attached hydrogens (primary N) is 1. The number of benzene rings is 1. The molecule has 1 saturated carbocycles. The van der Waals surface area contributed by atoms with E-state index in [2.05, 4.69) is 5.16 Å². The Bertz CT molecular complexity index is 591. The second-order valence-electron chi connectivity index (χ2n) is 4.43. The Balaban J connectivity index is 2.19. The predicted molar refractivity (Wildman–Crippen MR) is 64.8 cm³/mol. The van der Waals surface area contributed by atoms with Crippen LogP contribution >= 0.6 is 0 Å². The number of methoxy groups -OCH3 is 1. The number of halogens is 1. The van der Waals surface area contributed by atoms with Gasteiger partial charge in [-0.25, -0.2) is 4.39 Å². The van der Waals surface area contributed by atoms with Crippen LogP contribution in [0.3, 0.4) is 0 Å². The van der Waals surface area contributed by atoms with Gasteiger partial charge in [0.15, 0.2) is 0 Å². The molecule has 0 aliphatic heterocycles. The average Bonchev–Trinajstić information content (AvgIpc) is 3.13. The number of nitrogens with zero attached hydrogens (tertiary/aromatic N) is 1. The smallest absolute Gasteiger partial charge is 0.230 e. The molecule has 4 nitrogen and oxygen atoms in total. The van der Waals surface area contributed by atoms with Crippen LogP contribution in [0.4, 0.5) is 10.3 Å². The number of anilines is 1. The van der Waals surface area contributed by atoms with Crippen molar-refractivity contribution < 1.29 is 13.7 Å². The number of hydrogen-bond donors (Lipinski definition) is 1. The summed E-state index contributed by atoms with van der Waals surface area (Å²) in [6.45, 7) is 0. The molecule has 1 aliphatic carbocycles. The maximum Gasteiger partial charge on any atom is 0.230 e. The maximum absolute atomic E-state index is 13.4. The molecule has 3 rings (SSSR count). The fourth-order valence-electron chi connectivity index (χ4n) is 2.10. The fourth-order valence-corrected chi connectivity index (χ4v) is 2.10. The van der Waals surface area contributed by atoms with Crippen molar-refractivity contribution in [2.75, 3.05) is 12.8 Å². The first-order chi connectivity index (χ1) is 8.70. The zero-order chi connectivity index (χ0) is 12.7. The molecule has 0 spiro atoms. The van der Waals surface area contributed by atoms with Gasteiger partial charge in [0, 0.05) is 11.5 Å². The Kier molecular flexibility index (Phi) is 2.47. The topological polar surface area (TPSA) is 61.3 Å².